The number of hydrogen-bond acceptors (Lipinski definition) is 6. The van der Waals surface area contributed by atoms with E-state index in [0.29, 0.717) is 5.70 Å². The average Bonchev–Trinajstić information content (AvgIpc) is 3.37. The molecule has 7 nitrogen and oxygen atoms in total. The number of ether oxygens (including phenoxy) is 1. The van der Waals surface area contributed by atoms with Crippen LogP contribution in [-0.2, 0) is 18.8 Å². The van der Waals surface area contributed by atoms with Gasteiger partial charge in [0.25, 0.3) is 0 Å². The number of hydrogen-bond donors (Lipinski definition) is 0. The highest BCUT2D eigenvalue weighted by Gasteiger charge is 2.61. The summed E-state index contributed by atoms with van der Waals surface area (Å²) in [6.07, 6.45) is 4.96. The predicted molar refractivity (Wildman–Crippen MR) is 132 cm³/mol. The largest absolute Gasteiger partial charge is 0.457 e. The standard InChI is InChI=1S/C24H33N3O4SSi/c1-9-11-30-23(29)20-16(18-22-26(13-25-18)10-12-32-22)14(2)19-17(21(28)27(19)20)15(3)31-33(7,8)24(4,5)6/h9-10,12-15,17,19H,1,11H2,2-8H3/t14-,15+,17+,19+/m0/s1. The third kappa shape index (κ3) is 3.70. The summed E-state index contributed by atoms with van der Waals surface area (Å²) in [5, 5.41) is 2.02. The third-order valence-corrected chi connectivity index (χ3v) is 12.8. The van der Waals surface area contributed by atoms with Gasteiger partial charge >= 0.3 is 5.97 Å². The van der Waals surface area contributed by atoms with Gasteiger partial charge in [0.1, 0.15) is 29.2 Å². The summed E-state index contributed by atoms with van der Waals surface area (Å²) < 4.78 is 13.9. The van der Waals surface area contributed by atoms with Gasteiger partial charge in [-0.05, 0) is 25.1 Å². The van der Waals surface area contributed by atoms with Gasteiger partial charge in [-0.15, -0.1) is 11.3 Å². The third-order valence-electron chi connectivity index (χ3n) is 7.37. The zero-order chi connectivity index (χ0) is 24.3. The number of nitrogens with zero attached hydrogens (tertiary/aromatic N) is 3. The number of rotatable bonds is 7. The Morgan fingerprint density at radius 2 is 2.09 bits per heavy atom. The summed E-state index contributed by atoms with van der Waals surface area (Å²) in [7, 11) is -2.06. The first-order valence-electron chi connectivity index (χ1n) is 11.3. The Bertz CT molecular complexity index is 1140. The molecule has 0 radical (unpaired) electrons. The maximum atomic E-state index is 13.5. The van der Waals surface area contributed by atoms with Gasteiger partial charge in [0.15, 0.2) is 8.32 Å². The van der Waals surface area contributed by atoms with Gasteiger partial charge in [-0.25, -0.2) is 9.78 Å². The van der Waals surface area contributed by atoms with E-state index in [1.165, 1.54) is 6.08 Å². The van der Waals surface area contributed by atoms with Crippen LogP contribution in [0.15, 0.2) is 36.3 Å². The second kappa shape index (κ2) is 8.21. The molecule has 0 bridgehead atoms. The summed E-state index contributed by atoms with van der Waals surface area (Å²) >= 11 is 1.56. The maximum Gasteiger partial charge on any atom is 0.355 e. The van der Waals surface area contributed by atoms with Crippen LogP contribution in [0.3, 0.4) is 0 Å². The maximum absolute atomic E-state index is 13.5. The monoisotopic (exact) mass is 487 g/mol. The Kier molecular flexibility index (Phi) is 5.95. The average molecular weight is 488 g/mol. The van der Waals surface area contributed by atoms with Crippen molar-refractivity contribution in [3.63, 3.8) is 0 Å². The molecular formula is C24H33N3O4SSi. The minimum absolute atomic E-state index is 0.0410. The molecule has 2 aliphatic rings. The number of β-lactam (4-membered cyclic amide) rings is 1. The SMILES string of the molecule is C=CCOC(=O)C1=C(c2ncn3ccsc23)[C@H](C)[C@@H]2[C@@H]([C@@H](C)O[Si](C)(C)C(C)(C)C)C(=O)N12. The topological polar surface area (TPSA) is 73.1 Å². The Morgan fingerprint density at radius 3 is 2.73 bits per heavy atom. The van der Waals surface area contributed by atoms with Crippen LogP contribution in [0.1, 0.15) is 40.3 Å². The molecule has 0 N–H and O–H groups in total. The number of imidazole rings is 1. The molecule has 33 heavy (non-hydrogen) atoms. The number of esters is 1. The lowest BCUT2D eigenvalue weighted by Crippen LogP contribution is -2.65. The molecule has 2 aromatic rings. The van der Waals surface area contributed by atoms with Crippen molar-refractivity contribution >= 4 is 41.9 Å². The van der Waals surface area contributed by atoms with E-state index in [1.54, 1.807) is 22.6 Å². The Labute approximate surface area is 200 Å². The lowest BCUT2D eigenvalue weighted by molar-refractivity contribution is -0.163. The van der Waals surface area contributed by atoms with Crippen LogP contribution < -0.4 is 0 Å². The van der Waals surface area contributed by atoms with Gasteiger partial charge in [0.05, 0.1) is 18.1 Å². The molecular weight excluding hydrogens is 454 g/mol. The molecule has 4 rings (SSSR count). The smallest absolute Gasteiger partial charge is 0.355 e. The number of carbonyl (C=O) groups is 2. The van der Waals surface area contributed by atoms with Crippen molar-refractivity contribution in [2.75, 3.05) is 6.61 Å². The number of thiazole rings is 1. The van der Waals surface area contributed by atoms with Crippen molar-refractivity contribution < 1.29 is 18.8 Å². The molecule has 0 saturated carbocycles. The van der Waals surface area contributed by atoms with E-state index in [4.69, 9.17) is 9.16 Å². The second-order valence-electron chi connectivity index (χ2n) is 10.5. The Balaban J connectivity index is 1.71. The minimum atomic E-state index is -2.06. The van der Waals surface area contributed by atoms with Crippen molar-refractivity contribution in [2.45, 2.75) is 64.9 Å². The number of fused-ring (bicyclic) bond motifs is 2. The molecule has 0 aliphatic carbocycles. The first-order chi connectivity index (χ1) is 15.4. The van der Waals surface area contributed by atoms with E-state index in [0.717, 1.165) is 16.1 Å². The molecule has 1 saturated heterocycles. The summed E-state index contributed by atoms with van der Waals surface area (Å²) in [4.78, 5) is 33.8. The second-order valence-corrected chi connectivity index (χ2v) is 16.1. The van der Waals surface area contributed by atoms with Crippen molar-refractivity contribution in [1.29, 1.82) is 0 Å². The van der Waals surface area contributed by atoms with Crippen molar-refractivity contribution in [3.05, 3.63) is 42.0 Å². The van der Waals surface area contributed by atoms with Crippen molar-refractivity contribution in [1.82, 2.24) is 14.3 Å². The van der Waals surface area contributed by atoms with E-state index < -0.39 is 14.3 Å². The summed E-state index contributed by atoms with van der Waals surface area (Å²) in [5.74, 6) is -0.984. The van der Waals surface area contributed by atoms with Gasteiger partial charge in [0.2, 0.25) is 5.91 Å². The quantitative estimate of drug-likeness (QED) is 0.244. The van der Waals surface area contributed by atoms with Crippen LogP contribution in [0.4, 0.5) is 0 Å². The van der Waals surface area contributed by atoms with Gasteiger partial charge in [-0.2, -0.15) is 0 Å². The molecule has 4 atom stereocenters. The lowest BCUT2D eigenvalue weighted by atomic mass is 9.77. The molecule has 9 heteroatoms. The molecule has 0 spiro atoms. The summed E-state index contributed by atoms with van der Waals surface area (Å²) in [6, 6.07) is -0.157. The van der Waals surface area contributed by atoms with E-state index in [2.05, 4.69) is 52.4 Å². The zero-order valence-corrected chi connectivity index (χ0v) is 22.2. The molecule has 2 aromatic heterocycles. The molecule has 4 heterocycles. The van der Waals surface area contributed by atoms with Crippen molar-refractivity contribution in [3.8, 4) is 0 Å². The summed E-state index contributed by atoms with van der Waals surface area (Å²) in [5.41, 5.74) is 1.82. The predicted octanol–water partition coefficient (Wildman–Crippen LogP) is 4.72. The fourth-order valence-electron chi connectivity index (χ4n) is 4.69. The molecule has 2 aliphatic heterocycles. The van der Waals surface area contributed by atoms with E-state index in [-0.39, 0.29) is 41.5 Å². The molecule has 0 aromatic carbocycles. The molecule has 178 valence electrons. The lowest BCUT2D eigenvalue weighted by Gasteiger charge is -2.50. The van der Waals surface area contributed by atoms with Crippen LogP contribution in [-0.4, -0.2) is 53.2 Å². The number of carbonyl (C=O) groups excluding carboxylic acids is 2. The van der Waals surface area contributed by atoms with Crippen LogP contribution in [0, 0.1) is 11.8 Å². The van der Waals surface area contributed by atoms with E-state index in [9.17, 15) is 9.59 Å². The number of amides is 1. The van der Waals surface area contributed by atoms with Crippen molar-refractivity contribution in [2.24, 2.45) is 11.8 Å². The Hall–Kier alpha value is -2.23. The van der Waals surface area contributed by atoms with Crippen LogP contribution in [0.25, 0.3) is 10.4 Å². The highest BCUT2D eigenvalue weighted by Crippen LogP contribution is 2.52. The highest BCUT2D eigenvalue weighted by atomic mass is 32.1. The minimum Gasteiger partial charge on any atom is -0.457 e. The molecule has 1 fully saturated rings. The fourth-order valence-corrected chi connectivity index (χ4v) is 6.95. The van der Waals surface area contributed by atoms with Gasteiger partial charge in [-0.1, -0.05) is 40.3 Å². The zero-order valence-electron chi connectivity index (χ0n) is 20.4. The normalized spacial score (nSPS) is 24.2. The van der Waals surface area contributed by atoms with Crippen LogP contribution >= 0.6 is 11.3 Å². The fraction of sp³-hybridized carbons (Fsp3) is 0.542. The number of aromatic nitrogens is 2. The van der Waals surface area contributed by atoms with E-state index >= 15 is 0 Å². The summed E-state index contributed by atoms with van der Waals surface area (Å²) in [6.45, 7) is 18.7. The van der Waals surface area contributed by atoms with E-state index in [1.807, 2.05) is 22.9 Å². The van der Waals surface area contributed by atoms with Gasteiger partial charge in [0, 0.05) is 23.1 Å². The molecule has 0 unspecified atom stereocenters. The van der Waals surface area contributed by atoms with Gasteiger partial charge in [-0.3, -0.25) is 9.20 Å². The van der Waals surface area contributed by atoms with Gasteiger partial charge < -0.3 is 14.1 Å². The van der Waals surface area contributed by atoms with Crippen LogP contribution in [0.5, 0.6) is 0 Å². The molecule has 1 amide bonds. The first-order valence-corrected chi connectivity index (χ1v) is 15.1. The van der Waals surface area contributed by atoms with Crippen LogP contribution in [0.2, 0.25) is 18.1 Å². The Morgan fingerprint density at radius 1 is 1.39 bits per heavy atom. The highest BCUT2D eigenvalue weighted by molar-refractivity contribution is 7.15. The first kappa shape index (κ1) is 23.9.